The zero-order valence-corrected chi connectivity index (χ0v) is 12.5. The van der Waals surface area contributed by atoms with Crippen LogP contribution < -0.4 is 12.4 Å². The summed E-state index contributed by atoms with van der Waals surface area (Å²) in [6.07, 6.45) is 0. The predicted octanol–water partition coefficient (Wildman–Crippen LogP) is -0.357. The molecule has 3 aliphatic rings. The molecule has 2 bridgehead atoms. The molecule has 3 aliphatic heterocycles. The van der Waals surface area contributed by atoms with Gasteiger partial charge in [0.15, 0.2) is 0 Å². The molecule has 100 valence electrons. The SMILES string of the molecule is Clc1ccc(C[N+]23CCN(CC2)CC3)c(Cl)c1.[Cl-]. The molecule has 0 aromatic heterocycles. The maximum absolute atomic E-state index is 6.28. The van der Waals surface area contributed by atoms with E-state index in [1.54, 1.807) is 0 Å². The predicted molar refractivity (Wildman–Crippen MR) is 71.5 cm³/mol. The maximum atomic E-state index is 6.28. The topological polar surface area (TPSA) is 3.24 Å². The molecule has 4 rings (SSSR count). The first-order valence-corrected chi connectivity index (χ1v) is 6.94. The van der Waals surface area contributed by atoms with Gasteiger partial charge in [-0.3, -0.25) is 4.90 Å². The van der Waals surface area contributed by atoms with E-state index in [9.17, 15) is 0 Å². The van der Waals surface area contributed by atoms with Crippen LogP contribution in [0.25, 0.3) is 0 Å². The molecule has 0 N–H and O–H groups in total. The van der Waals surface area contributed by atoms with E-state index < -0.39 is 0 Å². The van der Waals surface area contributed by atoms with Crippen LogP contribution in [0.4, 0.5) is 0 Å². The third-order valence-electron chi connectivity index (χ3n) is 4.19. The van der Waals surface area contributed by atoms with Gasteiger partial charge in [0.2, 0.25) is 0 Å². The first kappa shape index (κ1) is 14.4. The molecule has 1 aromatic carbocycles. The fraction of sp³-hybridized carbons (Fsp3) is 0.538. The van der Waals surface area contributed by atoms with Crippen molar-refractivity contribution in [1.29, 1.82) is 0 Å². The molecule has 3 heterocycles. The molecule has 18 heavy (non-hydrogen) atoms. The molecule has 2 nitrogen and oxygen atoms in total. The molecule has 0 unspecified atom stereocenters. The summed E-state index contributed by atoms with van der Waals surface area (Å²) in [5, 5.41) is 1.54. The Labute approximate surface area is 124 Å². The Morgan fingerprint density at radius 2 is 1.67 bits per heavy atom. The summed E-state index contributed by atoms with van der Waals surface area (Å²) in [4.78, 5) is 2.56. The van der Waals surface area contributed by atoms with Crippen LogP contribution in [-0.2, 0) is 6.54 Å². The molecule has 5 heteroatoms. The quantitative estimate of drug-likeness (QED) is 0.675. The summed E-state index contributed by atoms with van der Waals surface area (Å²) in [6.45, 7) is 8.57. The van der Waals surface area contributed by atoms with Crippen LogP contribution in [0.2, 0.25) is 10.0 Å². The van der Waals surface area contributed by atoms with Crippen molar-refractivity contribution in [2.45, 2.75) is 6.54 Å². The third-order valence-corrected chi connectivity index (χ3v) is 4.78. The van der Waals surface area contributed by atoms with Crippen molar-refractivity contribution in [3.8, 4) is 0 Å². The second-order valence-corrected chi connectivity index (χ2v) is 6.09. The van der Waals surface area contributed by atoms with Gasteiger partial charge in [-0.15, -0.1) is 0 Å². The largest absolute Gasteiger partial charge is 1.00 e. The highest BCUT2D eigenvalue weighted by Crippen LogP contribution is 2.28. The number of piperazine rings is 3. The van der Waals surface area contributed by atoms with E-state index in [1.165, 1.54) is 49.3 Å². The minimum absolute atomic E-state index is 0. The highest BCUT2D eigenvalue weighted by molar-refractivity contribution is 6.35. The van der Waals surface area contributed by atoms with Crippen LogP contribution in [0.3, 0.4) is 0 Å². The Hall–Kier alpha value is 0.01000. The molecular formula is C13H17Cl3N2. The second-order valence-electron chi connectivity index (χ2n) is 5.25. The van der Waals surface area contributed by atoms with Crippen molar-refractivity contribution >= 4 is 23.2 Å². The lowest BCUT2D eigenvalue weighted by atomic mass is 10.1. The molecule has 0 aliphatic carbocycles. The standard InChI is InChI=1S/C13H17Cl2N2.ClH/c14-12-2-1-11(13(15)9-12)10-17-6-3-16(4-7-17)5-8-17;/h1-2,9H,3-8,10H2;1H/q+1;/p-1. The van der Waals surface area contributed by atoms with Crippen molar-refractivity contribution in [1.82, 2.24) is 4.90 Å². The summed E-state index contributed by atoms with van der Waals surface area (Å²) < 4.78 is 1.21. The van der Waals surface area contributed by atoms with E-state index in [1.807, 2.05) is 12.1 Å². The highest BCUT2D eigenvalue weighted by atomic mass is 35.5. The molecule has 0 radical (unpaired) electrons. The number of nitrogens with zero attached hydrogens (tertiary/aromatic N) is 2. The van der Waals surface area contributed by atoms with E-state index in [-0.39, 0.29) is 12.4 Å². The zero-order chi connectivity index (χ0) is 11.9. The second kappa shape index (κ2) is 5.56. The fourth-order valence-electron chi connectivity index (χ4n) is 2.98. The van der Waals surface area contributed by atoms with Crippen molar-refractivity contribution in [3.05, 3.63) is 33.8 Å². The number of halogens is 3. The first-order chi connectivity index (χ1) is 8.17. The van der Waals surface area contributed by atoms with Gasteiger partial charge >= 0.3 is 0 Å². The maximum Gasteiger partial charge on any atom is 0.106 e. The summed E-state index contributed by atoms with van der Waals surface area (Å²) in [5.74, 6) is 0. The van der Waals surface area contributed by atoms with Crippen molar-refractivity contribution < 1.29 is 16.9 Å². The Morgan fingerprint density at radius 3 is 2.22 bits per heavy atom. The summed E-state index contributed by atoms with van der Waals surface area (Å²) >= 11 is 12.2. The van der Waals surface area contributed by atoms with Crippen LogP contribution >= 0.6 is 23.2 Å². The minimum Gasteiger partial charge on any atom is -1.00 e. The molecule has 0 spiro atoms. The highest BCUT2D eigenvalue weighted by Gasteiger charge is 2.38. The minimum atomic E-state index is 0. The van der Waals surface area contributed by atoms with Crippen molar-refractivity contribution in [2.75, 3.05) is 39.3 Å². The third kappa shape index (κ3) is 2.78. The van der Waals surface area contributed by atoms with Crippen LogP contribution in [0, 0.1) is 0 Å². The summed E-state index contributed by atoms with van der Waals surface area (Å²) in [7, 11) is 0. The van der Waals surface area contributed by atoms with Gasteiger partial charge in [0, 0.05) is 30.2 Å². The lowest BCUT2D eigenvalue weighted by Crippen LogP contribution is -3.00. The molecule has 0 amide bonds. The molecular weight excluding hydrogens is 291 g/mol. The van der Waals surface area contributed by atoms with Gasteiger partial charge in [-0.2, -0.15) is 0 Å². The monoisotopic (exact) mass is 306 g/mol. The van der Waals surface area contributed by atoms with E-state index in [2.05, 4.69) is 11.0 Å². The molecule has 3 saturated heterocycles. The smallest absolute Gasteiger partial charge is 0.106 e. The average Bonchev–Trinajstić information content (AvgIpc) is 2.35. The molecule has 3 fully saturated rings. The Balaban J connectivity index is 0.00000120. The molecule has 1 aromatic rings. The van der Waals surface area contributed by atoms with Crippen LogP contribution in [0.1, 0.15) is 5.56 Å². The summed E-state index contributed by atoms with van der Waals surface area (Å²) in [5.41, 5.74) is 1.24. The lowest BCUT2D eigenvalue weighted by Gasteiger charge is -2.50. The first-order valence-electron chi connectivity index (χ1n) is 6.18. The van der Waals surface area contributed by atoms with Gasteiger partial charge in [0.1, 0.15) is 6.54 Å². The number of hydrogen-bond acceptors (Lipinski definition) is 1. The van der Waals surface area contributed by atoms with E-state index in [4.69, 9.17) is 23.2 Å². The zero-order valence-electron chi connectivity index (χ0n) is 10.2. The van der Waals surface area contributed by atoms with E-state index >= 15 is 0 Å². The van der Waals surface area contributed by atoms with Gasteiger partial charge in [0.05, 0.1) is 24.7 Å². The summed E-state index contributed by atoms with van der Waals surface area (Å²) in [6, 6.07) is 5.89. The van der Waals surface area contributed by atoms with Crippen LogP contribution in [0.15, 0.2) is 18.2 Å². The van der Waals surface area contributed by atoms with Crippen LogP contribution in [-0.4, -0.2) is 48.7 Å². The number of fused-ring (bicyclic) bond motifs is 3. The van der Waals surface area contributed by atoms with Crippen molar-refractivity contribution in [2.24, 2.45) is 0 Å². The Morgan fingerprint density at radius 1 is 1.06 bits per heavy atom. The number of benzene rings is 1. The average molecular weight is 308 g/mol. The van der Waals surface area contributed by atoms with Gasteiger partial charge in [-0.1, -0.05) is 29.3 Å². The Bertz CT molecular complexity index is 414. The van der Waals surface area contributed by atoms with Crippen LogP contribution in [0.5, 0.6) is 0 Å². The van der Waals surface area contributed by atoms with Gasteiger partial charge < -0.3 is 16.9 Å². The van der Waals surface area contributed by atoms with E-state index in [0.717, 1.165) is 16.6 Å². The Kier molecular flexibility index (Phi) is 4.45. The normalized spacial score (nSPS) is 30.0. The van der Waals surface area contributed by atoms with Gasteiger partial charge in [0.25, 0.3) is 0 Å². The number of hydrogen-bond donors (Lipinski definition) is 0. The lowest BCUT2D eigenvalue weighted by molar-refractivity contribution is -0.953. The van der Waals surface area contributed by atoms with Gasteiger partial charge in [-0.25, -0.2) is 0 Å². The molecule has 0 atom stereocenters. The number of rotatable bonds is 2. The number of quaternary nitrogens is 1. The van der Waals surface area contributed by atoms with E-state index in [0.29, 0.717) is 0 Å². The van der Waals surface area contributed by atoms with Crippen molar-refractivity contribution in [3.63, 3.8) is 0 Å². The fourth-order valence-corrected chi connectivity index (χ4v) is 3.45. The van der Waals surface area contributed by atoms with Gasteiger partial charge in [-0.05, 0) is 12.1 Å². The molecule has 0 saturated carbocycles.